The third-order valence-corrected chi connectivity index (χ3v) is 4.20. The van der Waals surface area contributed by atoms with Gasteiger partial charge in [-0.3, -0.25) is 9.59 Å². The Hall–Kier alpha value is -2.73. The summed E-state index contributed by atoms with van der Waals surface area (Å²) in [5.74, 6) is -0.0485. The number of benzene rings is 2. The number of ether oxygens (including phenoxy) is 1. The molecule has 0 saturated heterocycles. The topological polar surface area (TPSA) is 67.4 Å². The van der Waals surface area contributed by atoms with E-state index in [0.717, 1.165) is 19.4 Å². The summed E-state index contributed by atoms with van der Waals surface area (Å²) in [5.41, 5.74) is 0.957. The lowest BCUT2D eigenvalue weighted by Gasteiger charge is -2.11. The number of carbonyl (C=O) groups excluding carboxylic acids is 2. The van der Waals surface area contributed by atoms with Crippen LogP contribution in [0.5, 0.6) is 5.75 Å². The maximum absolute atomic E-state index is 13.1. The maximum Gasteiger partial charge on any atom is 0.251 e. The summed E-state index contributed by atoms with van der Waals surface area (Å²) in [6.07, 6.45) is 1.16. The van der Waals surface area contributed by atoms with Gasteiger partial charge < -0.3 is 15.4 Å². The van der Waals surface area contributed by atoms with E-state index in [9.17, 15) is 14.0 Å². The average Bonchev–Trinajstić information content (AvgIpc) is 2.97. The van der Waals surface area contributed by atoms with E-state index in [0.29, 0.717) is 30.0 Å². The molecule has 26 heavy (non-hydrogen) atoms. The predicted molar refractivity (Wildman–Crippen MR) is 96.0 cm³/mol. The zero-order valence-electron chi connectivity index (χ0n) is 14.3. The van der Waals surface area contributed by atoms with Crippen LogP contribution in [0.25, 0.3) is 0 Å². The highest BCUT2D eigenvalue weighted by atomic mass is 19.1. The summed E-state index contributed by atoms with van der Waals surface area (Å²) in [7, 11) is 0. The number of fused-ring (bicyclic) bond motifs is 1. The first-order valence-electron chi connectivity index (χ1n) is 8.69. The molecule has 0 spiro atoms. The summed E-state index contributed by atoms with van der Waals surface area (Å²) < 4.78 is 18.7. The number of carbonyl (C=O) groups is 2. The molecule has 6 heteroatoms. The molecule has 0 aromatic heterocycles. The number of amides is 1. The molecule has 1 unspecified atom stereocenters. The van der Waals surface area contributed by atoms with Crippen LogP contribution in [-0.2, 0) is 0 Å². The van der Waals surface area contributed by atoms with Crippen LogP contribution in [0.1, 0.15) is 33.6 Å². The van der Waals surface area contributed by atoms with Gasteiger partial charge in [0.15, 0.2) is 6.10 Å². The van der Waals surface area contributed by atoms with Gasteiger partial charge in [0.05, 0.1) is 5.56 Å². The molecule has 5 nitrogen and oxygen atoms in total. The smallest absolute Gasteiger partial charge is 0.251 e. The number of nitrogens with one attached hydrogen (secondary N) is 2. The molecule has 2 aromatic carbocycles. The van der Waals surface area contributed by atoms with Gasteiger partial charge in [-0.2, -0.15) is 0 Å². The molecule has 1 amide bonds. The zero-order chi connectivity index (χ0) is 18.4. The number of unbranched alkanes of at least 4 members (excludes halogenated alkanes) is 1. The molecule has 0 bridgehead atoms. The molecule has 1 heterocycles. The molecule has 2 N–H and O–H groups in total. The molecule has 2 aromatic rings. The van der Waals surface area contributed by atoms with Gasteiger partial charge in [0, 0.05) is 18.7 Å². The van der Waals surface area contributed by atoms with E-state index >= 15 is 0 Å². The number of rotatable bonds is 8. The van der Waals surface area contributed by atoms with Crippen molar-refractivity contribution in [1.29, 1.82) is 0 Å². The third kappa shape index (κ3) is 4.46. The molecule has 0 saturated carbocycles. The highest BCUT2D eigenvalue weighted by Gasteiger charge is 2.31. The molecular weight excluding hydrogens is 335 g/mol. The molecular formula is C20H21FN2O3. The molecule has 1 aliphatic heterocycles. The van der Waals surface area contributed by atoms with E-state index in [2.05, 4.69) is 10.6 Å². The number of hydrogen-bond acceptors (Lipinski definition) is 4. The van der Waals surface area contributed by atoms with Crippen LogP contribution in [0.4, 0.5) is 4.39 Å². The minimum absolute atomic E-state index is 0.00968. The summed E-state index contributed by atoms with van der Waals surface area (Å²) in [5, 5.41) is 5.98. The molecule has 136 valence electrons. The van der Waals surface area contributed by atoms with E-state index in [-0.39, 0.29) is 11.7 Å². The minimum Gasteiger partial charge on any atom is -0.480 e. The lowest BCUT2D eigenvalue weighted by molar-refractivity contribution is 0.0856. The zero-order valence-corrected chi connectivity index (χ0v) is 14.3. The summed E-state index contributed by atoms with van der Waals surface area (Å²) >= 11 is 0. The molecule has 3 rings (SSSR count). The highest BCUT2D eigenvalue weighted by Crippen LogP contribution is 2.27. The first-order chi connectivity index (χ1) is 12.6. The Kier molecular flexibility index (Phi) is 5.96. The van der Waals surface area contributed by atoms with Gasteiger partial charge in [-0.05, 0) is 49.7 Å². The van der Waals surface area contributed by atoms with Crippen LogP contribution in [0.3, 0.4) is 0 Å². The minimum atomic E-state index is -0.472. The SMILES string of the molecule is O=C(NCCCCNCC1Oc2ccccc2C1=O)c1cccc(F)c1. The van der Waals surface area contributed by atoms with E-state index in [1.165, 1.54) is 18.2 Å². The fraction of sp³-hybridized carbons (Fsp3) is 0.300. The highest BCUT2D eigenvalue weighted by molar-refractivity contribution is 6.04. The van der Waals surface area contributed by atoms with Crippen molar-refractivity contribution in [1.82, 2.24) is 10.6 Å². The van der Waals surface area contributed by atoms with Gasteiger partial charge in [0.25, 0.3) is 5.91 Å². The quantitative estimate of drug-likeness (QED) is 0.714. The van der Waals surface area contributed by atoms with Gasteiger partial charge in [0.1, 0.15) is 11.6 Å². The maximum atomic E-state index is 13.1. The van der Waals surface area contributed by atoms with Crippen molar-refractivity contribution in [3.63, 3.8) is 0 Å². The monoisotopic (exact) mass is 356 g/mol. The molecule has 0 aliphatic carbocycles. The van der Waals surface area contributed by atoms with E-state index in [4.69, 9.17) is 4.74 Å². The van der Waals surface area contributed by atoms with E-state index < -0.39 is 11.9 Å². The Morgan fingerprint density at radius 3 is 2.69 bits per heavy atom. The van der Waals surface area contributed by atoms with Gasteiger partial charge >= 0.3 is 0 Å². The Bertz CT molecular complexity index is 794. The predicted octanol–water partition coefficient (Wildman–Crippen LogP) is 2.57. The van der Waals surface area contributed by atoms with E-state index in [1.807, 2.05) is 12.1 Å². The second-order valence-electron chi connectivity index (χ2n) is 6.14. The van der Waals surface area contributed by atoms with Crippen molar-refractivity contribution in [2.45, 2.75) is 18.9 Å². The largest absolute Gasteiger partial charge is 0.480 e. The Morgan fingerprint density at radius 2 is 1.88 bits per heavy atom. The third-order valence-electron chi connectivity index (χ3n) is 4.20. The van der Waals surface area contributed by atoms with Crippen LogP contribution in [-0.4, -0.2) is 37.4 Å². The van der Waals surface area contributed by atoms with Gasteiger partial charge in [0.2, 0.25) is 5.78 Å². The number of hydrogen-bond donors (Lipinski definition) is 2. The lowest BCUT2D eigenvalue weighted by Crippen LogP contribution is -2.34. The summed E-state index contributed by atoms with van der Waals surface area (Å²) in [6, 6.07) is 12.9. The average molecular weight is 356 g/mol. The van der Waals surface area contributed by atoms with Crippen molar-refractivity contribution in [2.75, 3.05) is 19.6 Å². The van der Waals surface area contributed by atoms with Gasteiger partial charge in [-0.15, -0.1) is 0 Å². The fourth-order valence-electron chi connectivity index (χ4n) is 2.83. The van der Waals surface area contributed by atoms with Crippen LogP contribution in [0, 0.1) is 5.82 Å². The lowest BCUT2D eigenvalue weighted by atomic mass is 10.1. The first-order valence-corrected chi connectivity index (χ1v) is 8.69. The van der Waals surface area contributed by atoms with Crippen molar-refractivity contribution in [3.05, 3.63) is 65.5 Å². The fourth-order valence-corrected chi connectivity index (χ4v) is 2.83. The Balaban J connectivity index is 1.29. The first kappa shape index (κ1) is 18.1. The van der Waals surface area contributed by atoms with Crippen molar-refractivity contribution in [3.8, 4) is 5.75 Å². The Labute approximate surface area is 151 Å². The molecule has 0 radical (unpaired) electrons. The van der Waals surface area contributed by atoms with Crippen molar-refractivity contribution >= 4 is 11.7 Å². The summed E-state index contributed by atoms with van der Waals surface area (Å²) in [4.78, 5) is 24.0. The molecule has 1 atom stereocenters. The van der Waals surface area contributed by atoms with Gasteiger partial charge in [-0.25, -0.2) is 4.39 Å². The normalized spacial score (nSPS) is 15.4. The van der Waals surface area contributed by atoms with Crippen LogP contribution < -0.4 is 15.4 Å². The number of Topliss-reactive ketones (excluding diaryl/α,β-unsaturated/α-hetero) is 1. The number of halogens is 1. The van der Waals surface area contributed by atoms with Gasteiger partial charge in [-0.1, -0.05) is 18.2 Å². The van der Waals surface area contributed by atoms with Crippen molar-refractivity contribution in [2.24, 2.45) is 0 Å². The standard InChI is InChI=1S/C20H21FN2O3/c21-15-7-5-6-14(12-15)20(25)23-11-4-3-10-22-13-18-19(24)16-8-1-2-9-17(16)26-18/h1-2,5-9,12,18,22H,3-4,10-11,13H2,(H,23,25). The molecule has 1 aliphatic rings. The summed E-state index contributed by atoms with van der Waals surface area (Å²) in [6.45, 7) is 1.70. The molecule has 0 fully saturated rings. The van der Waals surface area contributed by atoms with Crippen LogP contribution in [0.15, 0.2) is 48.5 Å². The van der Waals surface area contributed by atoms with Crippen LogP contribution in [0.2, 0.25) is 0 Å². The van der Waals surface area contributed by atoms with E-state index in [1.54, 1.807) is 18.2 Å². The number of para-hydroxylation sites is 1. The second-order valence-corrected chi connectivity index (χ2v) is 6.14. The number of ketones is 1. The van der Waals surface area contributed by atoms with Crippen molar-refractivity contribution < 1.29 is 18.7 Å². The van der Waals surface area contributed by atoms with Crippen LogP contribution >= 0.6 is 0 Å². The Morgan fingerprint density at radius 1 is 1.08 bits per heavy atom. The second kappa shape index (κ2) is 8.58.